The van der Waals surface area contributed by atoms with Crippen molar-refractivity contribution in [3.8, 4) is 0 Å². The molecule has 0 aromatic heterocycles. The van der Waals surface area contributed by atoms with Gasteiger partial charge in [-0.1, -0.05) is 18.2 Å². The molecule has 0 N–H and O–H groups in total. The summed E-state index contributed by atoms with van der Waals surface area (Å²) in [5.74, 6) is -1.33. The van der Waals surface area contributed by atoms with E-state index in [4.69, 9.17) is 14.2 Å². The van der Waals surface area contributed by atoms with Crippen LogP contribution in [0.2, 0.25) is 0 Å². The van der Waals surface area contributed by atoms with Crippen LogP contribution in [0.25, 0.3) is 0 Å². The first-order valence-electron chi connectivity index (χ1n) is 5.46. The van der Waals surface area contributed by atoms with Crippen LogP contribution < -0.4 is 0 Å². The SMILES string of the molecule is CCOC(=O)c1ccccc1C(C)(OC)OC. The zero-order valence-corrected chi connectivity index (χ0v) is 10.6. The van der Waals surface area contributed by atoms with Gasteiger partial charge in [0, 0.05) is 19.8 Å². The molecule has 0 aliphatic heterocycles. The Morgan fingerprint density at radius 1 is 1.24 bits per heavy atom. The number of carbonyl (C=O) groups excluding carboxylic acids is 1. The van der Waals surface area contributed by atoms with Crippen molar-refractivity contribution in [3.63, 3.8) is 0 Å². The highest BCUT2D eigenvalue weighted by Crippen LogP contribution is 2.28. The molecule has 0 aliphatic rings. The van der Waals surface area contributed by atoms with E-state index in [0.29, 0.717) is 17.7 Å². The lowest BCUT2D eigenvalue weighted by Gasteiger charge is -2.28. The summed E-state index contributed by atoms with van der Waals surface area (Å²) in [5, 5.41) is 0. The summed E-state index contributed by atoms with van der Waals surface area (Å²) >= 11 is 0. The topological polar surface area (TPSA) is 44.8 Å². The second-order valence-electron chi connectivity index (χ2n) is 3.62. The Labute approximate surface area is 101 Å². The first-order valence-corrected chi connectivity index (χ1v) is 5.46. The predicted molar refractivity (Wildman–Crippen MR) is 63.8 cm³/mol. The van der Waals surface area contributed by atoms with Gasteiger partial charge in [0.25, 0.3) is 0 Å². The lowest BCUT2D eigenvalue weighted by Crippen LogP contribution is -2.29. The maximum atomic E-state index is 11.8. The van der Waals surface area contributed by atoms with Crippen LogP contribution in [-0.4, -0.2) is 26.8 Å². The molecule has 0 bridgehead atoms. The van der Waals surface area contributed by atoms with E-state index in [9.17, 15) is 4.79 Å². The summed E-state index contributed by atoms with van der Waals surface area (Å²) in [6.45, 7) is 3.86. The van der Waals surface area contributed by atoms with Crippen molar-refractivity contribution in [3.05, 3.63) is 35.4 Å². The molecular weight excluding hydrogens is 220 g/mol. The van der Waals surface area contributed by atoms with Gasteiger partial charge in [-0.05, 0) is 19.9 Å². The van der Waals surface area contributed by atoms with Crippen molar-refractivity contribution in [2.75, 3.05) is 20.8 Å². The Kier molecular flexibility index (Phi) is 4.66. The van der Waals surface area contributed by atoms with E-state index in [-0.39, 0.29) is 5.97 Å². The quantitative estimate of drug-likeness (QED) is 0.583. The first-order chi connectivity index (χ1) is 8.09. The Hall–Kier alpha value is -1.39. The number of ether oxygens (including phenoxy) is 3. The minimum atomic E-state index is -0.955. The van der Waals surface area contributed by atoms with Crippen LogP contribution in [-0.2, 0) is 20.0 Å². The molecule has 0 radical (unpaired) electrons. The van der Waals surface area contributed by atoms with Crippen molar-refractivity contribution < 1.29 is 19.0 Å². The number of hydrogen-bond donors (Lipinski definition) is 0. The third-order valence-electron chi connectivity index (χ3n) is 2.69. The second kappa shape index (κ2) is 5.80. The van der Waals surface area contributed by atoms with Crippen molar-refractivity contribution in [2.24, 2.45) is 0 Å². The summed E-state index contributed by atoms with van der Waals surface area (Å²) < 4.78 is 15.6. The largest absolute Gasteiger partial charge is 0.462 e. The molecule has 1 aromatic rings. The van der Waals surface area contributed by atoms with Crippen LogP contribution in [0.15, 0.2) is 24.3 Å². The monoisotopic (exact) mass is 238 g/mol. The Morgan fingerprint density at radius 2 is 1.82 bits per heavy atom. The van der Waals surface area contributed by atoms with Gasteiger partial charge in [0.05, 0.1) is 12.2 Å². The summed E-state index contributed by atoms with van der Waals surface area (Å²) in [4.78, 5) is 11.8. The maximum Gasteiger partial charge on any atom is 0.338 e. The molecule has 0 aliphatic carbocycles. The Bertz CT molecular complexity index is 383. The van der Waals surface area contributed by atoms with Gasteiger partial charge in [-0.25, -0.2) is 4.79 Å². The van der Waals surface area contributed by atoms with Gasteiger partial charge in [-0.15, -0.1) is 0 Å². The molecular formula is C13H18O4. The van der Waals surface area contributed by atoms with Crippen LogP contribution in [0.4, 0.5) is 0 Å². The maximum absolute atomic E-state index is 11.8. The minimum absolute atomic E-state index is 0.337. The van der Waals surface area contributed by atoms with Crippen LogP contribution in [0.3, 0.4) is 0 Å². The van der Waals surface area contributed by atoms with E-state index in [1.165, 1.54) is 14.2 Å². The minimum Gasteiger partial charge on any atom is -0.462 e. The summed E-state index contributed by atoms with van der Waals surface area (Å²) in [7, 11) is 3.07. The second-order valence-corrected chi connectivity index (χ2v) is 3.62. The molecule has 1 rings (SSSR count). The molecule has 17 heavy (non-hydrogen) atoms. The molecule has 0 spiro atoms. The van der Waals surface area contributed by atoms with E-state index in [1.54, 1.807) is 32.0 Å². The molecule has 4 nitrogen and oxygen atoms in total. The normalized spacial score (nSPS) is 11.3. The number of benzene rings is 1. The fourth-order valence-corrected chi connectivity index (χ4v) is 1.57. The van der Waals surface area contributed by atoms with Crippen molar-refractivity contribution in [2.45, 2.75) is 19.6 Å². The Balaban J connectivity index is 3.20. The highest BCUT2D eigenvalue weighted by molar-refractivity contribution is 5.91. The molecule has 0 fully saturated rings. The van der Waals surface area contributed by atoms with Gasteiger partial charge < -0.3 is 14.2 Å². The molecule has 0 heterocycles. The van der Waals surface area contributed by atoms with Crippen LogP contribution in [0.1, 0.15) is 29.8 Å². The summed E-state index contributed by atoms with van der Waals surface area (Å²) in [5.41, 5.74) is 1.11. The van der Waals surface area contributed by atoms with Gasteiger partial charge in [-0.3, -0.25) is 0 Å². The number of carbonyl (C=O) groups is 1. The molecule has 4 heteroatoms. The van der Waals surface area contributed by atoms with Crippen LogP contribution in [0.5, 0.6) is 0 Å². The predicted octanol–water partition coefficient (Wildman–Crippen LogP) is 2.33. The standard InChI is InChI=1S/C13H18O4/c1-5-17-12(14)10-8-6-7-9-11(10)13(2,15-3)16-4/h6-9H,5H2,1-4H3. The third-order valence-corrected chi connectivity index (χ3v) is 2.69. The van der Waals surface area contributed by atoms with Gasteiger partial charge >= 0.3 is 5.97 Å². The summed E-state index contributed by atoms with van der Waals surface area (Å²) in [6, 6.07) is 7.10. The fourth-order valence-electron chi connectivity index (χ4n) is 1.57. The zero-order chi connectivity index (χ0) is 12.9. The number of methoxy groups -OCH3 is 2. The van der Waals surface area contributed by atoms with Gasteiger partial charge in [0.1, 0.15) is 0 Å². The smallest absolute Gasteiger partial charge is 0.338 e. The van der Waals surface area contributed by atoms with E-state index < -0.39 is 5.79 Å². The van der Waals surface area contributed by atoms with Crippen LogP contribution >= 0.6 is 0 Å². The number of hydrogen-bond acceptors (Lipinski definition) is 4. The van der Waals surface area contributed by atoms with E-state index >= 15 is 0 Å². The van der Waals surface area contributed by atoms with Crippen molar-refractivity contribution in [1.29, 1.82) is 0 Å². The van der Waals surface area contributed by atoms with Gasteiger partial charge in [0.2, 0.25) is 0 Å². The highest BCUT2D eigenvalue weighted by Gasteiger charge is 2.30. The first kappa shape index (κ1) is 13.7. The van der Waals surface area contributed by atoms with Gasteiger partial charge in [-0.2, -0.15) is 0 Å². The molecule has 0 atom stereocenters. The molecule has 0 unspecified atom stereocenters. The van der Waals surface area contributed by atoms with E-state index in [0.717, 1.165) is 0 Å². The van der Waals surface area contributed by atoms with Gasteiger partial charge in [0.15, 0.2) is 5.79 Å². The lowest BCUT2D eigenvalue weighted by molar-refractivity contribution is -0.202. The van der Waals surface area contributed by atoms with Crippen LogP contribution in [0, 0.1) is 0 Å². The zero-order valence-electron chi connectivity index (χ0n) is 10.6. The molecule has 0 saturated carbocycles. The van der Waals surface area contributed by atoms with Crippen molar-refractivity contribution >= 4 is 5.97 Å². The molecule has 0 saturated heterocycles. The molecule has 0 amide bonds. The fraction of sp³-hybridized carbons (Fsp3) is 0.462. The average Bonchev–Trinajstić information content (AvgIpc) is 2.38. The lowest BCUT2D eigenvalue weighted by atomic mass is 10.0. The number of rotatable bonds is 5. The number of esters is 1. The third kappa shape index (κ3) is 2.84. The van der Waals surface area contributed by atoms with E-state index in [2.05, 4.69) is 0 Å². The van der Waals surface area contributed by atoms with E-state index in [1.807, 2.05) is 6.07 Å². The molecule has 94 valence electrons. The van der Waals surface area contributed by atoms with Crippen molar-refractivity contribution in [1.82, 2.24) is 0 Å². The summed E-state index contributed by atoms with van der Waals surface area (Å²) in [6.07, 6.45) is 0. The average molecular weight is 238 g/mol. The highest BCUT2D eigenvalue weighted by atomic mass is 16.7. The Morgan fingerprint density at radius 3 is 2.35 bits per heavy atom. The molecule has 1 aromatic carbocycles.